The predicted octanol–water partition coefficient (Wildman–Crippen LogP) is 3.09. The minimum atomic E-state index is -1.52. The summed E-state index contributed by atoms with van der Waals surface area (Å²) in [5.41, 5.74) is 1.21. The SMILES string of the molecule is CC(C)C([Si])(Oc1ccc(Br)cc1-c1ccon1)C(=O)O. The number of hydrogen-bond donors (Lipinski definition) is 1. The molecule has 0 aliphatic rings. The lowest BCUT2D eigenvalue weighted by molar-refractivity contribution is -0.151. The summed E-state index contributed by atoms with van der Waals surface area (Å²) in [5, 5.41) is 11.8. The van der Waals surface area contributed by atoms with E-state index in [1.165, 1.54) is 6.26 Å². The molecule has 0 fully saturated rings. The molecule has 0 saturated heterocycles. The van der Waals surface area contributed by atoms with Gasteiger partial charge in [-0.2, -0.15) is 0 Å². The summed E-state index contributed by atoms with van der Waals surface area (Å²) in [6.07, 6.45) is 1.45. The number of nitrogens with zero attached hydrogens (tertiary/aromatic N) is 1. The first-order valence-electron chi connectivity index (χ1n) is 6.22. The van der Waals surface area contributed by atoms with Crippen molar-refractivity contribution < 1.29 is 19.2 Å². The Morgan fingerprint density at radius 2 is 2.19 bits per heavy atom. The first kappa shape index (κ1) is 15.8. The van der Waals surface area contributed by atoms with Crippen molar-refractivity contribution in [2.75, 3.05) is 0 Å². The van der Waals surface area contributed by atoms with Crippen LogP contribution in [0.25, 0.3) is 11.3 Å². The highest BCUT2D eigenvalue weighted by Crippen LogP contribution is 2.35. The molecular weight excluding hydrogens is 354 g/mol. The number of carboxylic acids is 1. The van der Waals surface area contributed by atoms with Crippen LogP contribution in [0.15, 0.2) is 39.5 Å². The van der Waals surface area contributed by atoms with E-state index in [1.807, 2.05) is 0 Å². The van der Waals surface area contributed by atoms with Crippen molar-refractivity contribution in [1.82, 2.24) is 5.16 Å². The lowest BCUT2D eigenvalue weighted by Crippen LogP contribution is -2.50. The maximum Gasteiger partial charge on any atom is 0.343 e. The lowest BCUT2D eigenvalue weighted by atomic mass is 10.1. The molecule has 1 aromatic carbocycles. The Bertz CT molecular complexity index is 644. The number of halogens is 1. The molecule has 0 spiro atoms. The second-order valence-corrected chi connectivity index (χ2v) is 6.48. The van der Waals surface area contributed by atoms with Gasteiger partial charge in [0, 0.05) is 16.1 Å². The van der Waals surface area contributed by atoms with Gasteiger partial charge >= 0.3 is 5.97 Å². The third kappa shape index (κ3) is 3.19. The highest BCUT2D eigenvalue weighted by atomic mass is 79.9. The van der Waals surface area contributed by atoms with Crippen LogP contribution in [0.1, 0.15) is 13.8 Å². The minimum Gasteiger partial charge on any atom is -0.480 e. The first-order chi connectivity index (χ1) is 9.84. The number of rotatable bonds is 5. The van der Waals surface area contributed by atoms with E-state index < -0.39 is 11.2 Å². The molecule has 2 aromatic rings. The number of carboxylic acid groups (broad SMARTS) is 1. The van der Waals surface area contributed by atoms with Crippen LogP contribution in [0.2, 0.25) is 0 Å². The molecular formula is C14H13BrNO4Si. The zero-order chi connectivity index (χ0) is 15.6. The molecule has 0 aliphatic heterocycles. The van der Waals surface area contributed by atoms with E-state index in [9.17, 15) is 9.90 Å². The van der Waals surface area contributed by atoms with Crippen molar-refractivity contribution >= 4 is 32.1 Å². The molecule has 7 heteroatoms. The normalized spacial score (nSPS) is 14.0. The zero-order valence-corrected chi connectivity index (χ0v) is 14.0. The van der Waals surface area contributed by atoms with E-state index in [-0.39, 0.29) is 5.92 Å². The highest BCUT2D eigenvalue weighted by Gasteiger charge is 2.39. The molecule has 1 unspecified atom stereocenters. The van der Waals surface area contributed by atoms with Gasteiger partial charge in [-0.25, -0.2) is 4.79 Å². The summed E-state index contributed by atoms with van der Waals surface area (Å²) >= 11 is 3.38. The number of aromatic nitrogens is 1. The lowest BCUT2D eigenvalue weighted by Gasteiger charge is -2.31. The van der Waals surface area contributed by atoms with Crippen LogP contribution >= 0.6 is 15.9 Å². The van der Waals surface area contributed by atoms with Gasteiger partial charge in [0.1, 0.15) is 27.9 Å². The average Bonchev–Trinajstić information content (AvgIpc) is 2.94. The van der Waals surface area contributed by atoms with Gasteiger partial charge in [-0.05, 0) is 24.1 Å². The molecule has 0 aliphatic carbocycles. The van der Waals surface area contributed by atoms with Gasteiger partial charge in [-0.15, -0.1) is 0 Å². The van der Waals surface area contributed by atoms with Gasteiger partial charge < -0.3 is 14.4 Å². The summed E-state index contributed by atoms with van der Waals surface area (Å²) in [6, 6.07) is 6.93. The van der Waals surface area contributed by atoms with Crippen LogP contribution in [0, 0.1) is 5.92 Å². The number of carbonyl (C=O) groups is 1. The number of ether oxygens (including phenoxy) is 1. The maximum atomic E-state index is 11.5. The standard InChI is InChI=1S/C14H13BrNO4Si/c1-8(2)14(21,13(17)18)20-12-4-3-9(15)7-10(12)11-5-6-19-16-11/h3-8H,1-2H3,(H,17,18). The van der Waals surface area contributed by atoms with E-state index in [4.69, 9.17) is 9.26 Å². The van der Waals surface area contributed by atoms with Crippen LogP contribution in [-0.4, -0.2) is 31.7 Å². The van der Waals surface area contributed by atoms with E-state index in [0.29, 0.717) is 17.0 Å². The van der Waals surface area contributed by atoms with Crippen molar-refractivity contribution in [3.63, 3.8) is 0 Å². The third-order valence-corrected chi connectivity index (χ3v) is 4.44. The average molecular weight is 367 g/mol. The van der Waals surface area contributed by atoms with Gasteiger partial charge in [-0.3, -0.25) is 0 Å². The fraction of sp³-hybridized carbons (Fsp3) is 0.286. The third-order valence-electron chi connectivity index (χ3n) is 3.06. The van der Waals surface area contributed by atoms with E-state index in [1.54, 1.807) is 38.1 Å². The molecule has 5 nitrogen and oxygen atoms in total. The molecule has 0 bridgehead atoms. The molecule has 1 N–H and O–H groups in total. The van der Waals surface area contributed by atoms with Gasteiger partial charge in [-0.1, -0.05) is 34.9 Å². The van der Waals surface area contributed by atoms with Gasteiger partial charge in [0.2, 0.25) is 0 Å². The van der Waals surface area contributed by atoms with Crippen LogP contribution < -0.4 is 4.74 Å². The summed E-state index contributed by atoms with van der Waals surface area (Å²) in [4.78, 5) is 11.5. The Morgan fingerprint density at radius 1 is 1.48 bits per heavy atom. The Labute approximate surface area is 133 Å². The number of aliphatic carboxylic acids is 1. The second-order valence-electron chi connectivity index (χ2n) is 4.82. The van der Waals surface area contributed by atoms with E-state index in [0.717, 1.165) is 4.47 Å². The first-order valence-corrected chi connectivity index (χ1v) is 7.51. The monoisotopic (exact) mass is 366 g/mol. The maximum absolute atomic E-state index is 11.5. The largest absolute Gasteiger partial charge is 0.480 e. The minimum absolute atomic E-state index is 0.291. The second kappa shape index (κ2) is 6.03. The molecule has 109 valence electrons. The number of benzene rings is 1. The molecule has 1 aromatic heterocycles. The Hall–Kier alpha value is -1.60. The Balaban J connectivity index is 2.47. The van der Waals surface area contributed by atoms with Crippen LogP contribution in [0.4, 0.5) is 0 Å². The van der Waals surface area contributed by atoms with Crippen LogP contribution in [0.3, 0.4) is 0 Å². The fourth-order valence-electron chi connectivity index (χ4n) is 1.72. The summed E-state index contributed by atoms with van der Waals surface area (Å²) in [6.45, 7) is 3.52. The van der Waals surface area contributed by atoms with Gasteiger partial charge in [0.05, 0.1) is 0 Å². The molecule has 2 rings (SSSR count). The Kier molecular flexibility index (Phi) is 4.53. The summed E-state index contributed by atoms with van der Waals surface area (Å²) in [7, 11) is 3.25. The van der Waals surface area contributed by atoms with Crippen LogP contribution in [-0.2, 0) is 4.79 Å². The van der Waals surface area contributed by atoms with Crippen molar-refractivity contribution in [3.8, 4) is 17.0 Å². The van der Waals surface area contributed by atoms with Crippen LogP contribution in [0.5, 0.6) is 5.75 Å². The fourth-order valence-corrected chi connectivity index (χ4v) is 2.20. The summed E-state index contributed by atoms with van der Waals surface area (Å²) in [5.74, 6) is -0.984. The van der Waals surface area contributed by atoms with E-state index >= 15 is 0 Å². The number of hydrogen-bond acceptors (Lipinski definition) is 4. The molecule has 0 amide bonds. The van der Waals surface area contributed by atoms with Crippen molar-refractivity contribution in [1.29, 1.82) is 0 Å². The molecule has 21 heavy (non-hydrogen) atoms. The molecule has 3 radical (unpaired) electrons. The predicted molar refractivity (Wildman–Crippen MR) is 81.2 cm³/mol. The van der Waals surface area contributed by atoms with Gasteiger partial charge in [0.15, 0.2) is 5.22 Å². The van der Waals surface area contributed by atoms with Crippen molar-refractivity contribution in [2.45, 2.75) is 19.1 Å². The molecule has 1 atom stereocenters. The zero-order valence-electron chi connectivity index (χ0n) is 11.5. The summed E-state index contributed by atoms with van der Waals surface area (Å²) < 4.78 is 11.4. The topological polar surface area (TPSA) is 72.6 Å². The molecule has 1 heterocycles. The smallest absolute Gasteiger partial charge is 0.343 e. The van der Waals surface area contributed by atoms with E-state index in [2.05, 4.69) is 31.3 Å². The quantitative estimate of drug-likeness (QED) is 0.823. The molecule has 0 saturated carbocycles. The van der Waals surface area contributed by atoms with Gasteiger partial charge in [0.25, 0.3) is 0 Å². The van der Waals surface area contributed by atoms with Crippen molar-refractivity contribution in [3.05, 3.63) is 35.0 Å². The Morgan fingerprint density at radius 3 is 2.71 bits per heavy atom. The highest BCUT2D eigenvalue weighted by molar-refractivity contribution is 9.10. The van der Waals surface area contributed by atoms with Crippen molar-refractivity contribution in [2.24, 2.45) is 5.92 Å².